The topological polar surface area (TPSA) is 55.8 Å². The first-order chi connectivity index (χ1) is 15.2. The molecule has 1 heterocycles. The molecule has 1 saturated heterocycles. The van der Waals surface area contributed by atoms with Crippen molar-refractivity contribution < 1.29 is 23.5 Å². The Morgan fingerprint density at radius 3 is 2.50 bits per heavy atom. The molecule has 5 nitrogen and oxygen atoms in total. The number of benzene rings is 2. The van der Waals surface area contributed by atoms with E-state index in [0.29, 0.717) is 30.6 Å². The van der Waals surface area contributed by atoms with Crippen LogP contribution in [0.25, 0.3) is 0 Å². The second-order valence-electron chi connectivity index (χ2n) is 9.07. The maximum atomic E-state index is 13.8. The molecule has 6 heteroatoms. The van der Waals surface area contributed by atoms with E-state index in [1.807, 2.05) is 12.1 Å². The zero-order valence-electron chi connectivity index (χ0n) is 18.8. The Kier molecular flexibility index (Phi) is 7.02. The molecule has 1 fully saturated rings. The number of likely N-dealkylation sites (tertiary alicyclic amines) is 1. The quantitative estimate of drug-likeness (QED) is 0.393. The Bertz CT molecular complexity index is 967. The molecular weight excluding hydrogens is 409 g/mol. The largest absolute Gasteiger partial charge is 0.489 e. The lowest BCUT2D eigenvalue weighted by molar-refractivity contribution is -0.117. The predicted molar refractivity (Wildman–Crippen MR) is 121 cm³/mol. The molecule has 2 atom stereocenters. The number of hydrogen-bond acceptors (Lipinski definition) is 4. The maximum absolute atomic E-state index is 13.8. The van der Waals surface area contributed by atoms with Gasteiger partial charge in [0.2, 0.25) is 0 Å². The van der Waals surface area contributed by atoms with Gasteiger partial charge in [0.15, 0.2) is 0 Å². The highest BCUT2D eigenvalue weighted by molar-refractivity contribution is 5.79. The second kappa shape index (κ2) is 9.55. The van der Waals surface area contributed by atoms with Gasteiger partial charge in [0.25, 0.3) is 0 Å². The van der Waals surface area contributed by atoms with Crippen LogP contribution >= 0.6 is 0 Å². The standard InChI is InChI=1S/C26H30FNO4/c1-5-15-26(18-29)16-14-23(28(26)24(30)32-25(2,3)4)19-10-12-21(13-11-19)31-17-20-8-6-7-9-22(20)27/h5-13,18,23H,1,14-17H2,2-4H3/t23-,26+/m1/s1. The molecule has 0 N–H and O–H groups in total. The average molecular weight is 440 g/mol. The molecule has 2 aromatic rings. The van der Waals surface area contributed by atoms with Crippen LogP contribution in [0.5, 0.6) is 5.75 Å². The molecule has 3 rings (SSSR count). The molecule has 0 bridgehead atoms. The molecule has 0 radical (unpaired) electrons. The SMILES string of the molecule is C=CC[C@@]1(C=O)CC[C@H](c2ccc(OCc3ccccc3F)cc2)N1C(=O)OC(C)(C)C. The van der Waals surface area contributed by atoms with E-state index in [4.69, 9.17) is 9.47 Å². The van der Waals surface area contributed by atoms with Gasteiger partial charge in [-0.1, -0.05) is 36.4 Å². The van der Waals surface area contributed by atoms with Crippen LogP contribution < -0.4 is 4.74 Å². The van der Waals surface area contributed by atoms with Gasteiger partial charge < -0.3 is 14.3 Å². The molecule has 0 aromatic heterocycles. The molecule has 0 saturated carbocycles. The van der Waals surface area contributed by atoms with Gasteiger partial charge in [0.05, 0.1) is 6.04 Å². The van der Waals surface area contributed by atoms with Crippen LogP contribution in [-0.2, 0) is 16.1 Å². The van der Waals surface area contributed by atoms with Crippen molar-refractivity contribution in [3.05, 3.63) is 78.1 Å². The van der Waals surface area contributed by atoms with Crippen molar-refractivity contribution in [1.29, 1.82) is 0 Å². The van der Waals surface area contributed by atoms with Gasteiger partial charge in [-0.05, 0) is 63.8 Å². The van der Waals surface area contributed by atoms with Gasteiger partial charge >= 0.3 is 6.09 Å². The molecule has 0 aliphatic carbocycles. The summed E-state index contributed by atoms with van der Waals surface area (Å²) in [5, 5.41) is 0. The Morgan fingerprint density at radius 1 is 1.22 bits per heavy atom. The minimum atomic E-state index is -0.977. The van der Waals surface area contributed by atoms with Crippen LogP contribution in [0.3, 0.4) is 0 Å². The number of rotatable bonds is 7. The van der Waals surface area contributed by atoms with E-state index < -0.39 is 17.2 Å². The van der Waals surface area contributed by atoms with Gasteiger partial charge in [-0.25, -0.2) is 9.18 Å². The first kappa shape index (κ1) is 23.5. The summed E-state index contributed by atoms with van der Waals surface area (Å²) in [6.45, 7) is 9.28. The minimum absolute atomic E-state index is 0.118. The highest BCUT2D eigenvalue weighted by Gasteiger charge is 2.50. The van der Waals surface area contributed by atoms with Crippen molar-refractivity contribution in [2.24, 2.45) is 0 Å². The van der Waals surface area contributed by atoms with Gasteiger partial charge in [-0.3, -0.25) is 4.90 Å². The van der Waals surface area contributed by atoms with E-state index in [2.05, 4.69) is 6.58 Å². The van der Waals surface area contributed by atoms with E-state index in [-0.39, 0.29) is 18.5 Å². The Hall–Kier alpha value is -3.15. The van der Waals surface area contributed by atoms with Gasteiger partial charge in [0.1, 0.15) is 35.6 Å². The van der Waals surface area contributed by atoms with E-state index in [0.717, 1.165) is 11.8 Å². The third-order valence-electron chi connectivity index (χ3n) is 5.57. The maximum Gasteiger partial charge on any atom is 0.411 e. The lowest BCUT2D eigenvalue weighted by Gasteiger charge is -2.38. The smallest absolute Gasteiger partial charge is 0.411 e. The summed E-state index contributed by atoms with van der Waals surface area (Å²) in [5.74, 6) is 0.280. The van der Waals surface area contributed by atoms with Crippen LogP contribution in [0.1, 0.15) is 57.2 Å². The van der Waals surface area contributed by atoms with Crippen LogP contribution in [0.15, 0.2) is 61.2 Å². The van der Waals surface area contributed by atoms with Crippen molar-refractivity contribution in [2.45, 2.75) is 63.8 Å². The van der Waals surface area contributed by atoms with Crippen LogP contribution in [0.4, 0.5) is 9.18 Å². The third-order valence-corrected chi connectivity index (χ3v) is 5.57. The van der Waals surface area contributed by atoms with Crippen molar-refractivity contribution in [2.75, 3.05) is 0 Å². The summed E-state index contributed by atoms with van der Waals surface area (Å²) in [6.07, 6.45) is 3.49. The average Bonchev–Trinajstić information content (AvgIpc) is 3.12. The van der Waals surface area contributed by atoms with Crippen molar-refractivity contribution in [3.63, 3.8) is 0 Å². The summed E-state index contributed by atoms with van der Waals surface area (Å²) in [6, 6.07) is 13.5. The molecule has 0 spiro atoms. The predicted octanol–water partition coefficient (Wildman–Crippen LogP) is 5.99. The van der Waals surface area contributed by atoms with Crippen LogP contribution in [0.2, 0.25) is 0 Å². The Balaban J connectivity index is 1.81. The van der Waals surface area contributed by atoms with Crippen molar-refractivity contribution in [3.8, 4) is 5.75 Å². The van der Waals surface area contributed by atoms with Gasteiger partial charge in [-0.2, -0.15) is 0 Å². The Morgan fingerprint density at radius 2 is 1.91 bits per heavy atom. The monoisotopic (exact) mass is 439 g/mol. The Labute approximate surface area is 188 Å². The fourth-order valence-electron chi connectivity index (χ4n) is 4.06. The lowest BCUT2D eigenvalue weighted by atomic mass is 9.94. The fraction of sp³-hybridized carbons (Fsp3) is 0.385. The molecule has 170 valence electrons. The van der Waals surface area contributed by atoms with E-state index in [9.17, 15) is 14.0 Å². The summed E-state index contributed by atoms with van der Waals surface area (Å²) in [7, 11) is 0. The lowest BCUT2D eigenvalue weighted by Crippen LogP contribution is -2.50. The number of hydrogen-bond donors (Lipinski definition) is 0. The van der Waals surface area contributed by atoms with Gasteiger partial charge in [-0.15, -0.1) is 6.58 Å². The zero-order chi connectivity index (χ0) is 23.4. The number of amides is 1. The van der Waals surface area contributed by atoms with E-state index in [1.54, 1.807) is 62.1 Å². The highest BCUT2D eigenvalue weighted by atomic mass is 19.1. The van der Waals surface area contributed by atoms with Crippen LogP contribution in [0, 0.1) is 5.82 Å². The van der Waals surface area contributed by atoms with Crippen molar-refractivity contribution in [1.82, 2.24) is 4.90 Å². The highest BCUT2D eigenvalue weighted by Crippen LogP contribution is 2.44. The second-order valence-corrected chi connectivity index (χ2v) is 9.07. The fourth-order valence-corrected chi connectivity index (χ4v) is 4.06. The number of carbonyl (C=O) groups is 2. The number of nitrogens with zero attached hydrogens (tertiary/aromatic N) is 1. The molecule has 1 aliphatic rings. The number of ether oxygens (including phenoxy) is 2. The zero-order valence-corrected chi connectivity index (χ0v) is 18.8. The van der Waals surface area contributed by atoms with E-state index >= 15 is 0 Å². The minimum Gasteiger partial charge on any atom is -0.489 e. The van der Waals surface area contributed by atoms with Gasteiger partial charge in [0, 0.05) is 5.56 Å². The summed E-state index contributed by atoms with van der Waals surface area (Å²) < 4.78 is 25.2. The molecule has 0 unspecified atom stereocenters. The molecular formula is C26H30FNO4. The van der Waals surface area contributed by atoms with E-state index in [1.165, 1.54) is 6.07 Å². The number of carbonyl (C=O) groups excluding carboxylic acids is 2. The van der Waals surface area contributed by atoms with Crippen molar-refractivity contribution >= 4 is 12.4 Å². The summed E-state index contributed by atoms with van der Waals surface area (Å²) in [4.78, 5) is 26.8. The first-order valence-corrected chi connectivity index (χ1v) is 10.7. The molecule has 1 amide bonds. The summed E-state index contributed by atoms with van der Waals surface area (Å²) in [5.41, 5.74) is -0.308. The third kappa shape index (κ3) is 5.18. The molecule has 2 aromatic carbocycles. The first-order valence-electron chi connectivity index (χ1n) is 10.7. The normalized spacial score (nSPS) is 20.6. The number of aldehydes is 1. The molecule has 32 heavy (non-hydrogen) atoms. The summed E-state index contributed by atoms with van der Waals surface area (Å²) >= 11 is 0. The van der Waals surface area contributed by atoms with Crippen LogP contribution in [-0.4, -0.2) is 28.4 Å². The molecule has 1 aliphatic heterocycles. The number of halogens is 1.